The molecule has 1 amide bonds. The summed E-state index contributed by atoms with van der Waals surface area (Å²) >= 11 is 0. The molecule has 0 unspecified atom stereocenters. The summed E-state index contributed by atoms with van der Waals surface area (Å²) < 4.78 is 0. The van der Waals surface area contributed by atoms with Crippen LogP contribution in [0, 0.1) is 5.41 Å². The van der Waals surface area contributed by atoms with E-state index in [0.29, 0.717) is 19.3 Å². The molecule has 0 spiro atoms. The normalized spacial score (nSPS) is 17.2. The Balaban J connectivity index is 2.25. The number of carboxylic acid groups (broad SMARTS) is 1. The van der Waals surface area contributed by atoms with E-state index in [2.05, 4.69) is 5.32 Å². The topological polar surface area (TPSA) is 86.6 Å². The molecule has 1 fully saturated rings. The molecule has 0 atom stereocenters. The number of hydrogen-bond acceptors (Lipinski definition) is 3. The van der Waals surface area contributed by atoms with Crippen LogP contribution in [0.25, 0.3) is 0 Å². The average Bonchev–Trinajstić information content (AvgIpc) is 2.49. The van der Waals surface area contributed by atoms with Crippen LogP contribution in [-0.2, 0) is 16.0 Å². The highest BCUT2D eigenvalue weighted by Crippen LogP contribution is 2.38. The summed E-state index contributed by atoms with van der Waals surface area (Å²) in [5.41, 5.74) is -0.362. The average molecular weight is 291 g/mol. The van der Waals surface area contributed by atoms with Gasteiger partial charge in [-0.1, -0.05) is 38.3 Å². The molecule has 1 aromatic rings. The Morgan fingerprint density at radius 3 is 2.48 bits per heavy atom. The molecule has 5 heteroatoms. The summed E-state index contributed by atoms with van der Waals surface area (Å²) in [6.45, 7) is 1.90. The second-order valence-electron chi connectivity index (χ2n) is 5.57. The molecule has 3 N–H and O–H groups in total. The number of carboxylic acids is 1. The number of carbonyl (C=O) groups is 2. The van der Waals surface area contributed by atoms with Crippen LogP contribution < -0.4 is 5.32 Å². The van der Waals surface area contributed by atoms with Crippen molar-refractivity contribution in [3.05, 3.63) is 23.8 Å². The summed E-state index contributed by atoms with van der Waals surface area (Å²) in [6.07, 6.45) is 3.77. The van der Waals surface area contributed by atoms with Crippen molar-refractivity contribution in [2.45, 2.75) is 45.4 Å². The SMILES string of the molecule is CCc1cccc(NC(=O)C2(C(=O)O)CCCCC2)c1O. The van der Waals surface area contributed by atoms with Gasteiger partial charge in [0.2, 0.25) is 5.91 Å². The van der Waals surface area contributed by atoms with Gasteiger partial charge in [0.25, 0.3) is 0 Å². The molecule has 114 valence electrons. The smallest absolute Gasteiger partial charge is 0.319 e. The number of carbonyl (C=O) groups excluding carboxylic acids is 1. The maximum atomic E-state index is 12.5. The first-order valence-electron chi connectivity index (χ1n) is 7.37. The van der Waals surface area contributed by atoms with E-state index >= 15 is 0 Å². The molecular formula is C16H21NO4. The summed E-state index contributed by atoms with van der Waals surface area (Å²) in [5, 5.41) is 22.2. The Morgan fingerprint density at radius 1 is 1.24 bits per heavy atom. The van der Waals surface area contributed by atoms with Gasteiger partial charge in [0, 0.05) is 0 Å². The van der Waals surface area contributed by atoms with Gasteiger partial charge in [-0.05, 0) is 30.9 Å². The predicted octanol–water partition coefficient (Wildman–Crippen LogP) is 2.93. The summed E-state index contributed by atoms with van der Waals surface area (Å²) in [4.78, 5) is 24.1. The number of aliphatic carboxylic acids is 1. The van der Waals surface area contributed by atoms with Gasteiger partial charge < -0.3 is 15.5 Å². The third kappa shape index (κ3) is 2.86. The Labute approximate surface area is 124 Å². The number of anilines is 1. The third-order valence-electron chi connectivity index (χ3n) is 4.30. The minimum Gasteiger partial charge on any atom is -0.505 e. The van der Waals surface area contributed by atoms with Gasteiger partial charge >= 0.3 is 5.97 Å². The molecule has 1 aliphatic carbocycles. The molecule has 1 aromatic carbocycles. The van der Waals surface area contributed by atoms with E-state index in [4.69, 9.17) is 0 Å². The van der Waals surface area contributed by atoms with Crippen molar-refractivity contribution in [3.63, 3.8) is 0 Å². The summed E-state index contributed by atoms with van der Waals surface area (Å²) in [7, 11) is 0. The molecule has 0 heterocycles. The number of benzene rings is 1. The fraction of sp³-hybridized carbons (Fsp3) is 0.500. The number of hydrogen-bond donors (Lipinski definition) is 3. The van der Waals surface area contributed by atoms with Crippen molar-refractivity contribution in [2.75, 3.05) is 5.32 Å². The highest BCUT2D eigenvalue weighted by Gasteiger charge is 2.46. The van der Waals surface area contributed by atoms with E-state index in [1.807, 2.05) is 6.92 Å². The van der Waals surface area contributed by atoms with Crippen molar-refractivity contribution < 1.29 is 19.8 Å². The van der Waals surface area contributed by atoms with Gasteiger partial charge in [-0.2, -0.15) is 0 Å². The molecule has 1 saturated carbocycles. The van der Waals surface area contributed by atoms with Gasteiger partial charge in [-0.25, -0.2) is 0 Å². The molecule has 0 saturated heterocycles. The largest absolute Gasteiger partial charge is 0.505 e. The van der Waals surface area contributed by atoms with Crippen molar-refractivity contribution in [2.24, 2.45) is 5.41 Å². The standard InChI is InChI=1S/C16H21NO4/c1-2-11-7-6-8-12(13(11)18)17-14(19)16(15(20)21)9-4-3-5-10-16/h6-8,18H,2-5,9-10H2,1H3,(H,17,19)(H,20,21). The molecule has 21 heavy (non-hydrogen) atoms. The number of rotatable bonds is 4. The van der Waals surface area contributed by atoms with Crippen LogP contribution >= 0.6 is 0 Å². The van der Waals surface area contributed by atoms with Gasteiger partial charge in [-0.15, -0.1) is 0 Å². The number of aromatic hydroxyl groups is 1. The van der Waals surface area contributed by atoms with Crippen LogP contribution in [-0.4, -0.2) is 22.1 Å². The molecule has 0 radical (unpaired) electrons. The van der Waals surface area contributed by atoms with Crippen molar-refractivity contribution in [1.82, 2.24) is 0 Å². The zero-order chi connectivity index (χ0) is 15.5. The van der Waals surface area contributed by atoms with Crippen molar-refractivity contribution >= 4 is 17.6 Å². The zero-order valence-electron chi connectivity index (χ0n) is 12.2. The first kappa shape index (κ1) is 15.4. The van der Waals surface area contributed by atoms with E-state index in [0.717, 1.165) is 24.8 Å². The minimum absolute atomic E-state index is 0.0182. The number of phenolic OH excluding ortho intramolecular Hbond substituents is 1. The van der Waals surface area contributed by atoms with Gasteiger partial charge in [-0.3, -0.25) is 9.59 Å². The molecule has 2 rings (SSSR count). The highest BCUT2D eigenvalue weighted by molar-refractivity contribution is 6.08. The minimum atomic E-state index is -1.37. The Morgan fingerprint density at radius 2 is 1.90 bits per heavy atom. The van der Waals surface area contributed by atoms with Gasteiger partial charge in [0.15, 0.2) is 0 Å². The highest BCUT2D eigenvalue weighted by atomic mass is 16.4. The van der Waals surface area contributed by atoms with Crippen molar-refractivity contribution in [1.29, 1.82) is 0 Å². The van der Waals surface area contributed by atoms with Crippen LogP contribution in [0.4, 0.5) is 5.69 Å². The molecule has 0 bridgehead atoms. The van der Waals surface area contributed by atoms with E-state index in [-0.39, 0.29) is 11.4 Å². The van der Waals surface area contributed by atoms with Crippen LogP contribution in [0.2, 0.25) is 0 Å². The number of phenols is 1. The van der Waals surface area contributed by atoms with Crippen LogP contribution in [0.5, 0.6) is 5.75 Å². The van der Waals surface area contributed by atoms with E-state index in [1.165, 1.54) is 0 Å². The third-order valence-corrected chi connectivity index (χ3v) is 4.30. The molecule has 0 aromatic heterocycles. The molecule has 0 aliphatic heterocycles. The second-order valence-corrected chi connectivity index (χ2v) is 5.57. The lowest BCUT2D eigenvalue weighted by molar-refractivity contribution is -0.156. The van der Waals surface area contributed by atoms with Crippen LogP contribution in [0.15, 0.2) is 18.2 Å². The maximum Gasteiger partial charge on any atom is 0.319 e. The van der Waals surface area contributed by atoms with Crippen molar-refractivity contribution in [3.8, 4) is 5.75 Å². The van der Waals surface area contributed by atoms with E-state index in [1.54, 1.807) is 18.2 Å². The molecular weight excluding hydrogens is 270 g/mol. The number of nitrogens with one attached hydrogen (secondary N) is 1. The lowest BCUT2D eigenvalue weighted by Crippen LogP contribution is -2.44. The lowest BCUT2D eigenvalue weighted by Gasteiger charge is -2.31. The lowest BCUT2D eigenvalue weighted by atomic mass is 9.73. The van der Waals surface area contributed by atoms with E-state index < -0.39 is 17.3 Å². The monoisotopic (exact) mass is 291 g/mol. The number of para-hydroxylation sites is 1. The second kappa shape index (κ2) is 6.16. The van der Waals surface area contributed by atoms with Gasteiger partial charge in [0.05, 0.1) is 5.69 Å². The predicted molar refractivity (Wildman–Crippen MR) is 79.3 cm³/mol. The summed E-state index contributed by atoms with van der Waals surface area (Å²) in [5.74, 6) is -1.59. The van der Waals surface area contributed by atoms with Gasteiger partial charge in [0.1, 0.15) is 11.2 Å². The van der Waals surface area contributed by atoms with E-state index in [9.17, 15) is 19.8 Å². The number of aryl methyl sites for hydroxylation is 1. The van der Waals surface area contributed by atoms with Crippen LogP contribution in [0.3, 0.4) is 0 Å². The Hall–Kier alpha value is -2.04. The molecule has 1 aliphatic rings. The fourth-order valence-corrected chi connectivity index (χ4v) is 2.91. The first-order chi connectivity index (χ1) is 10.0. The first-order valence-corrected chi connectivity index (χ1v) is 7.37. The maximum absolute atomic E-state index is 12.5. The van der Waals surface area contributed by atoms with Crippen LogP contribution in [0.1, 0.15) is 44.6 Å². The Bertz CT molecular complexity index is 547. The quantitative estimate of drug-likeness (QED) is 0.588. The zero-order valence-corrected chi connectivity index (χ0v) is 12.2. The Kier molecular flexibility index (Phi) is 4.50. The molecule has 5 nitrogen and oxygen atoms in total. The number of amides is 1. The summed E-state index contributed by atoms with van der Waals surface area (Å²) in [6, 6.07) is 5.10. The fourth-order valence-electron chi connectivity index (χ4n) is 2.91.